The SMILES string of the molecule is COc1ccc([C@@H]2C(C#N)=C(N)C3(C#N)C(=O)N(C4CCCCC4)C(=O)C23)cc1. The number of carbonyl (C=O) groups excluding carboxylic acids is 2. The van der Waals surface area contributed by atoms with Gasteiger partial charge in [0.2, 0.25) is 5.91 Å². The second-order valence-corrected chi connectivity index (χ2v) is 7.89. The van der Waals surface area contributed by atoms with Crippen molar-refractivity contribution >= 4 is 11.8 Å². The molecule has 2 fully saturated rings. The lowest BCUT2D eigenvalue weighted by Gasteiger charge is -2.31. The Morgan fingerprint density at radius 2 is 1.79 bits per heavy atom. The molecule has 0 aromatic heterocycles. The Bertz CT molecular complexity index is 979. The predicted octanol–water partition coefficient (Wildman–Crippen LogP) is 2.36. The first-order valence-corrected chi connectivity index (χ1v) is 9.84. The monoisotopic (exact) mass is 390 g/mol. The number of hydrogen-bond acceptors (Lipinski definition) is 6. The van der Waals surface area contributed by atoms with Gasteiger partial charge in [0.15, 0.2) is 5.41 Å². The zero-order chi connectivity index (χ0) is 20.8. The molecule has 2 amide bonds. The zero-order valence-electron chi connectivity index (χ0n) is 16.2. The van der Waals surface area contributed by atoms with Crippen molar-refractivity contribution in [3.8, 4) is 17.9 Å². The maximum atomic E-state index is 13.5. The summed E-state index contributed by atoms with van der Waals surface area (Å²) in [4.78, 5) is 28.2. The molecule has 3 atom stereocenters. The summed E-state index contributed by atoms with van der Waals surface area (Å²) in [5, 5.41) is 19.8. The number of nitrogens with two attached hydrogens (primary N) is 1. The number of methoxy groups -OCH3 is 1. The van der Waals surface area contributed by atoms with Crippen LogP contribution in [0.4, 0.5) is 0 Å². The molecule has 148 valence electrons. The number of rotatable bonds is 3. The van der Waals surface area contributed by atoms with Crippen LogP contribution in [0.3, 0.4) is 0 Å². The van der Waals surface area contributed by atoms with Crippen molar-refractivity contribution in [1.82, 2.24) is 4.90 Å². The second-order valence-electron chi connectivity index (χ2n) is 7.89. The standard InChI is InChI=1S/C22H22N4O3/c1-29-15-9-7-13(8-10-15)17-16(11-23)19(25)22(12-24)18(17)20(27)26(21(22)28)14-5-3-2-4-6-14/h7-10,14,17-18H,2-6,25H2,1H3/t17-,18?,22?/m1/s1. The van der Waals surface area contributed by atoms with Gasteiger partial charge in [-0.25, -0.2) is 0 Å². The maximum Gasteiger partial charge on any atom is 0.256 e. The minimum Gasteiger partial charge on any atom is -0.497 e. The van der Waals surface area contributed by atoms with Crippen molar-refractivity contribution in [3.63, 3.8) is 0 Å². The molecule has 7 heteroatoms. The Labute approximate surface area is 169 Å². The number of benzene rings is 1. The number of likely N-dealkylation sites (tertiary alicyclic amines) is 1. The summed E-state index contributed by atoms with van der Waals surface area (Å²) in [7, 11) is 1.55. The van der Waals surface area contributed by atoms with Gasteiger partial charge in [-0.2, -0.15) is 10.5 Å². The highest BCUT2D eigenvalue weighted by molar-refractivity contribution is 6.12. The van der Waals surface area contributed by atoms with Crippen molar-refractivity contribution in [2.75, 3.05) is 7.11 Å². The molecule has 3 aliphatic rings. The number of amides is 2. The van der Waals surface area contributed by atoms with Gasteiger partial charge in [-0.1, -0.05) is 31.4 Å². The lowest BCUT2D eigenvalue weighted by molar-refractivity contribution is -0.143. The first kappa shape index (κ1) is 19.0. The highest BCUT2D eigenvalue weighted by Crippen LogP contribution is 2.58. The van der Waals surface area contributed by atoms with Crippen molar-refractivity contribution in [2.45, 2.75) is 44.1 Å². The normalized spacial score (nSPS) is 29.6. The van der Waals surface area contributed by atoms with Gasteiger partial charge >= 0.3 is 0 Å². The lowest BCUT2D eigenvalue weighted by atomic mass is 9.74. The van der Waals surface area contributed by atoms with E-state index in [1.54, 1.807) is 31.4 Å². The highest BCUT2D eigenvalue weighted by Gasteiger charge is 2.70. The number of carbonyl (C=O) groups is 2. The van der Waals surface area contributed by atoms with Crippen LogP contribution in [-0.4, -0.2) is 29.9 Å². The molecule has 1 saturated carbocycles. The van der Waals surface area contributed by atoms with E-state index in [1.165, 1.54) is 4.90 Å². The number of ether oxygens (including phenoxy) is 1. The predicted molar refractivity (Wildman–Crippen MR) is 103 cm³/mol. The molecule has 0 bridgehead atoms. The third kappa shape index (κ3) is 2.47. The summed E-state index contributed by atoms with van der Waals surface area (Å²) >= 11 is 0. The quantitative estimate of drug-likeness (QED) is 0.791. The van der Waals surface area contributed by atoms with Crippen LogP contribution in [0.2, 0.25) is 0 Å². The summed E-state index contributed by atoms with van der Waals surface area (Å²) < 4.78 is 5.18. The van der Waals surface area contributed by atoms with Crippen LogP contribution in [-0.2, 0) is 9.59 Å². The van der Waals surface area contributed by atoms with Gasteiger partial charge in [0.25, 0.3) is 5.91 Å². The van der Waals surface area contributed by atoms with E-state index < -0.39 is 29.1 Å². The molecular weight excluding hydrogens is 368 g/mol. The summed E-state index contributed by atoms with van der Waals surface area (Å²) in [6, 6.07) is 10.9. The molecule has 1 saturated heterocycles. The largest absolute Gasteiger partial charge is 0.497 e. The summed E-state index contributed by atoms with van der Waals surface area (Å²) in [6.07, 6.45) is 4.46. The zero-order valence-corrected chi connectivity index (χ0v) is 16.2. The van der Waals surface area contributed by atoms with Crippen LogP contribution in [0.5, 0.6) is 5.75 Å². The molecule has 2 N–H and O–H groups in total. The van der Waals surface area contributed by atoms with E-state index in [4.69, 9.17) is 10.5 Å². The molecule has 1 aliphatic heterocycles. The van der Waals surface area contributed by atoms with E-state index in [0.29, 0.717) is 11.3 Å². The van der Waals surface area contributed by atoms with Gasteiger partial charge in [0, 0.05) is 12.0 Å². The highest BCUT2D eigenvalue weighted by atomic mass is 16.5. The number of fused-ring (bicyclic) bond motifs is 1. The van der Waals surface area contributed by atoms with Crippen molar-refractivity contribution in [3.05, 3.63) is 41.1 Å². The third-order valence-corrected chi connectivity index (χ3v) is 6.60. The van der Waals surface area contributed by atoms with Crippen LogP contribution in [0, 0.1) is 34.0 Å². The summed E-state index contributed by atoms with van der Waals surface area (Å²) in [5.41, 5.74) is 5.18. The summed E-state index contributed by atoms with van der Waals surface area (Å²) in [5.74, 6) is -2.06. The van der Waals surface area contributed by atoms with Crippen molar-refractivity contribution in [2.24, 2.45) is 17.1 Å². The third-order valence-electron chi connectivity index (χ3n) is 6.60. The Hall–Kier alpha value is -3.32. The van der Waals surface area contributed by atoms with Crippen LogP contribution in [0.15, 0.2) is 35.5 Å². The van der Waals surface area contributed by atoms with E-state index in [0.717, 1.165) is 32.1 Å². The molecule has 4 rings (SSSR count). The topological polar surface area (TPSA) is 120 Å². The Morgan fingerprint density at radius 3 is 2.34 bits per heavy atom. The number of hydrogen-bond donors (Lipinski definition) is 1. The lowest BCUT2D eigenvalue weighted by Crippen LogP contribution is -2.44. The number of nitriles is 2. The molecule has 2 aliphatic carbocycles. The van der Waals surface area contributed by atoms with Crippen molar-refractivity contribution in [1.29, 1.82) is 10.5 Å². The minimum atomic E-state index is -1.80. The van der Waals surface area contributed by atoms with E-state index in [2.05, 4.69) is 12.1 Å². The number of allylic oxidation sites excluding steroid dienone is 1. The van der Waals surface area contributed by atoms with Gasteiger partial charge in [0.1, 0.15) is 5.75 Å². The second kappa shape index (κ2) is 6.93. The van der Waals surface area contributed by atoms with Crippen molar-refractivity contribution < 1.29 is 14.3 Å². The minimum absolute atomic E-state index is 0.0787. The fourth-order valence-corrected chi connectivity index (χ4v) is 5.14. The molecule has 29 heavy (non-hydrogen) atoms. The molecule has 1 aromatic carbocycles. The fourth-order valence-electron chi connectivity index (χ4n) is 5.14. The maximum absolute atomic E-state index is 13.5. The van der Waals surface area contributed by atoms with Gasteiger partial charge in [0.05, 0.1) is 36.4 Å². The smallest absolute Gasteiger partial charge is 0.256 e. The molecule has 0 radical (unpaired) electrons. The number of imide groups is 1. The van der Waals surface area contributed by atoms with E-state index >= 15 is 0 Å². The first-order valence-electron chi connectivity index (χ1n) is 9.84. The Morgan fingerprint density at radius 1 is 1.14 bits per heavy atom. The Kier molecular flexibility index (Phi) is 4.55. The average Bonchev–Trinajstić information content (AvgIpc) is 3.15. The first-order chi connectivity index (χ1) is 14.0. The van der Waals surface area contributed by atoms with Gasteiger partial charge in [-0.15, -0.1) is 0 Å². The van der Waals surface area contributed by atoms with E-state index in [9.17, 15) is 20.1 Å². The summed E-state index contributed by atoms with van der Waals surface area (Å²) in [6.45, 7) is 0. The molecule has 7 nitrogen and oxygen atoms in total. The van der Waals surface area contributed by atoms with E-state index in [-0.39, 0.29) is 17.3 Å². The van der Waals surface area contributed by atoms with Crippen LogP contribution < -0.4 is 10.5 Å². The van der Waals surface area contributed by atoms with Crippen LogP contribution >= 0.6 is 0 Å². The number of nitrogens with zero attached hydrogens (tertiary/aromatic N) is 3. The molecular formula is C22H22N4O3. The molecule has 2 unspecified atom stereocenters. The van der Waals surface area contributed by atoms with Gasteiger partial charge in [-0.05, 0) is 30.5 Å². The molecule has 1 aromatic rings. The van der Waals surface area contributed by atoms with E-state index in [1.807, 2.05) is 0 Å². The Balaban J connectivity index is 1.84. The van der Waals surface area contributed by atoms with Crippen LogP contribution in [0.1, 0.15) is 43.6 Å². The van der Waals surface area contributed by atoms with Crippen LogP contribution in [0.25, 0.3) is 0 Å². The van der Waals surface area contributed by atoms with Gasteiger partial charge < -0.3 is 10.5 Å². The fraction of sp³-hybridized carbons (Fsp3) is 0.455. The molecule has 0 spiro atoms. The molecule has 1 heterocycles. The van der Waals surface area contributed by atoms with Gasteiger partial charge in [-0.3, -0.25) is 14.5 Å². The average molecular weight is 390 g/mol.